The number of benzene rings is 3. The van der Waals surface area contributed by atoms with Crippen molar-refractivity contribution in [1.82, 2.24) is 0 Å². The molecule has 0 spiro atoms. The Labute approximate surface area is 194 Å². The number of carbonyl (C=O) groups excluding carboxylic acids is 1. The number of halogens is 3. The zero-order chi connectivity index (χ0) is 24.7. The molecule has 0 heterocycles. The highest BCUT2D eigenvalue weighted by atomic mass is 19.4. The second kappa shape index (κ2) is 8.59. The number of amides is 1. The summed E-state index contributed by atoms with van der Waals surface area (Å²) in [5, 5.41) is 22.2. The maximum Gasteiger partial charge on any atom is 0.573 e. The summed E-state index contributed by atoms with van der Waals surface area (Å²) >= 11 is 0. The Bertz CT molecular complexity index is 1220. The van der Waals surface area contributed by atoms with Gasteiger partial charge in [0.05, 0.1) is 5.41 Å². The van der Waals surface area contributed by atoms with Crippen molar-refractivity contribution in [2.24, 2.45) is 0 Å². The molecule has 3 aromatic carbocycles. The molecule has 4 rings (SSSR count). The van der Waals surface area contributed by atoms with Gasteiger partial charge in [0.1, 0.15) is 5.75 Å². The van der Waals surface area contributed by atoms with Gasteiger partial charge in [0.25, 0.3) is 0 Å². The van der Waals surface area contributed by atoms with Gasteiger partial charge in [-0.3, -0.25) is 4.79 Å². The average molecular weight is 471 g/mol. The number of hydrogen-bond acceptors (Lipinski definition) is 4. The van der Waals surface area contributed by atoms with Gasteiger partial charge in [-0.05, 0) is 65.8 Å². The fourth-order valence-corrected chi connectivity index (χ4v) is 3.94. The first-order chi connectivity index (χ1) is 16.0. The molecule has 0 aromatic heterocycles. The zero-order valence-electron chi connectivity index (χ0n) is 18.6. The highest BCUT2D eigenvalue weighted by Crippen LogP contribution is 2.50. The van der Waals surface area contributed by atoms with Crippen LogP contribution in [0.25, 0.3) is 11.1 Å². The number of nitrogens with one attached hydrogen (secondary N) is 1. The van der Waals surface area contributed by atoms with Crippen LogP contribution in [0.4, 0.5) is 18.9 Å². The van der Waals surface area contributed by atoms with Crippen molar-refractivity contribution < 1.29 is 32.9 Å². The fraction of sp³-hybridized carbons (Fsp3) is 0.269. The molecule has 0 saturated heterocycles. The van der Waals surface area contributed by atoms with Gasteiger partial charge in [-0.15, -0.1) is 13.2 Å². The summed E-state index contributed by atoms with van der Waals surface area (Å²) in [5.41, 5.74) is 1.76. The lowest BCUT2D eigenvalue weighted by Gasteiger charge is -2.19. The molecule has 1 saturated carbocycles. The van der Waals surface area contributed by atoms with Crippen molar-refractivity contribution in [1.29, 1.82) is 0 Å². The molecule has 1 aliphatic carbocycles. The number of carbonyl (C=O) groups is 1. The number of anilines is 1. The molecular formula is C26H24F3NO4. The smallest absolute Gasteiger partial charge is 0.504 e. The molecule has 0 atom stereocenters. The van der Waals surface area contributed by atoms with Crippen LogP contribution in [-0.4, -0.2) is 22.5 Å². The Kier molecular flexibility index (Phi) is 5.93. The van der Waals surface area contributed by atoms with Crippen LogP contribution in [0.5, 0.6) is 17.2 Å². The van der Waals surface area contributed by atoms with Gasteiger partial charge in [0.2, 0.25) is 5.91 Å². The first-order valence-electron chi connectivity index (χ1n) is 10.8. The summed E-state index contributed by atoms with van der Waals surface area (Å²) in [4.78, 5) is 13.1. The Morgan fingerprint density at radius 3 is 2.21 bits per heavy atom. The van der Waals surface area contributed by atoms with Crippen molar-refractivity contribution in [3.8, 4) is 28.4 Å². The first kappa shape index (κ1) is 23.5. The maximum absolute atomic E-state index is 13.1. The van der Waals surface area contributed by atoms with Crippen molar-refractivity contribution in [2.45, 2.75) is 44.4 Å². The van der Waals surface area contributed by atoms with Crippen LogP contribution in [-0.2, 0) is 10.2 Å². The predicted molar refractivity (Wildman–Crippen MR) is 122 cm³/mol. The topological polar surface area (TPSA) is 78.8 Å². The molecule has 0 bridgehead atoms. The molecule has 8 heteroatoms. The number of aromatic hydroxyl groups is 2. The minimum absolute atomic E-state index is 0.192. The first-order valence-corrected chi connectivity index (χ1v) is 10.8. The normalized spacial score (nSPS) is 14.6. The van der Waals surface area contributed by atoms with Crippen LogP contribution < -0.4 is 10.1 Å². The Morgan fingerprint density at radius 2 is 1.65 bits per heavy atom. The fourth-order valence-electron chi connectivity index (χ4n) is 3.94. The summed E-state index contributed by atoms with van der Waals surface area (Å²) in [6.45, 7) is 4.04. The molecule has 178 valence electrons. The average Bonchev–Trinajstić information content (AvgIpc) is 3.58. The lowest BCUT2D eigenvalue weighted by molar-refractivity contribution is -0.274. The maximum atomic E-state index is 13.1. The van der Waals surface area contributed by atoms with Crippen LogP contribution >= 0.6 is 0 Å². The number of ether oxygens (including phenoxy) is 1. The third-order valence-corrected chi connectivity index (χ3v) is 6.06. The Balaban J connectivity index is 1.65. The van der Waals surface area contributed by atoms with Gasteiger partial charge in [-0.1, -0.05) is 44.2 Å². The number of phenolic OH excluding ortho intramolecular Hbond substituents is 2. The van der Waals surface area contributed by atoms with Crippen molar-refractivity contribution in [3.63, 3.8) is 0 Å². The van der Waals surface area contributed by atoms with Crippen LogP contribution in [0.3, 0.4) is 0 Å². The van der Waals surface area contributed by atoms with E-state index in [1.165, 1.54) is 30.3 Å². The van der Waals surface area contributed by atoms with Gasteiger partial charge in [0, 0.05) is 11.3 Å². The summed E-state index contributed by atoms with van der Waals surface area (Å²) in [6.07, 6.45) is -3.78. The summed E-state index contributed by atoms with van der Waals surface area (Å²) in [6, 6.07) is 15.4. The van der Waals surface area contributed by atoms with Crippen LogP contribution in [0.2, 0.25) is 0 Å². The van der Waals surface area contributed by atoms with Gasteiger partial charge in [-0.25, -0.2) is 0 Å². The number of rotatable bonds is 6. The summed E-state index contributed by atoms with van der Waals surface area (Å²) in [5.74, 6) is -1.05. The quantitative estimate of drug-likeness (QED) is 0.361. The molecule has 34 heavy (non-hydrogen) atoms. The van der Waals surface area contributed by atoms with Crippen molar-refractivity contribution in [2.75, 3.05) is 5.32 Å². The molecule has 5 nitrogen and oxygen atoms in total. The molecule has 1 amide bonds. The van der Waals surface area contributed by atoms with E-state index in [1.807, 2.05) is 26.0 Å². The highest BCUT2D eigenvalue weighted by molar-refractivity contribution is 6.02. The van der Waals surface area contributed by atoms with E-state index < -0.39 is 11.8 Å². The van der Waals surface area contributed by atoms with Gasteiger partial charge < -0.3 is 20.3 Å². The van der Waals surface area contributed by atoms with Gasteiger partial charge in [-0.2, -0.15) is 0 Å². The SMILES string of the molecule is CC(C)c1ccc(-c2cc(NC(=O)C3(c4ccc(O)c(O)c4)CC3)ccc2OC(F)(F)F)cc1. The zero-order valence-corrected chi connectivity index (χ0v) is 18.6. The number of alkyl halides is 3. The third-order valence-electron chi connectivity index (χ3n) is 6.06. The van der Waals surface area contributed by atoms with E-state index >= 15 is 0 Å². The molecule has 0 unspecified atom stereocenters. The molecular weight excluding hydrogens is 447 g/mol. The minimum atomic E-state index is -4.86. The van der Waals surface area contributed by atoms with Gasteiger partial charge in [0.15, 0.2) is 11.5 Å². The predicted octanol–water partition coefficient (Wildman–Crippen LogP) is 6.46. The molecule has 1 aliphatic rings. The largest absolute Gasteiger partial charge is 0.573 e. The number of hydrogen-bond donors (Lipinski definition) is 3. The minimum Gasteiger partial charge on any atom is -0.504 e. The van der Waals surface area contributed by atoms with E-state index in [1.54, 1.807) is 18.2 Å². The van der Waals surface area contributed by atoms with E-state index in [0.29, 0.717) is 29.7 Å². The molecule has 1 fully saturated rings. The van der Waals surface area contributed by atoms with Gasteiger partial charge >= 0.3 is 6.36 Å². The summed E-state index contributed by atoms with van der Waals surface area (Å²) < 4.78 is 43.2. The third kappa shape index (κ3) is 4.81. The van der Waals surface area contributed by atoms with E-state index in [2.05, 4.69) is 10.1 Å². The molecule has 0 aliphatic heterocycles. The van der Waals surface area contributed by atoms with Crippen molar-refractivity contribution >= 4 is 11.6 Å². The van der Waals surface area contributed by atoms with Crippen LogP contribution in [0.1, 0.15) is 43.7 Å². The number of phenols is 2. The van der Waals surface area contributed by atoms with Crippen LogP contribution in [0.15, 0.2) is 60.7 Å². The van der Waals surface area contributed by atoms with Crippen molar-refractivity contribution in [3.05, 3.63) is 71.8 Å². The highest BCUT2D eigenvalue weighted by Gasteiger charge is 2.51. The molecule has 3 N–H and O–H groups in total. The van der Waals surface area contributed by atoms with E-state index in [4.69, 9.17) is 0 Å². The molecule has 3 aromatic rings. The standard InChI is InChI=1S/C26H24F3NO4/c1-15(2)16-3-5-17(6-4-16)20-14-19(8-10-23(20)34-26(27,28)29)30-24(33)25(11-12-25)18-7-9-21(31)22(32)13-18/h3-10,13-15,31-32H,11-12H2,1-2H3,(H,30,33). The molecule has 0 radical (unpaired) electrons. The lowest BCUT2D eigenvalue weighted by Crippen LogP contribution is -2.27. The Hall–Kier alpha value is -3.68. The monoisotopic (exact) mass is 471 g/mol. The second-order valence-corrected chi connectivity index (χ2v) is 8.78. The van der Waals surface area contributed by atoms with E-state index in [0.717, 1.165) is 5.56 Å². The summed E-state index contributed by atoms with van der Waals surface area (Å²) in [7, 11) is 0. The lowest BCUT2D eigenvalue weighted by atomic mass is 9.94. The van der Waals surface area contributed by atoms with Crippen LogP contribution in [0, 0.1) is 0 Å². The van der Waals surface area contributed by atoms with E-state index in [-0.39, 0.29) is 34.6 Å². The second-order valence-electron chi connectivity index (χ2n) is 8.78. The Morgan fingerprint density at radius 1 is 0.971 bits per heavy atom. The van der Waals surface area contributed by atoms with E-state index in [9.17, 15) is 28.2 Å².